The maximum absolute atomic E-state index is 10.6. The number of aromatic nitrogens is 1. The van der Waals surface area contributed by atoms with Crippen LogP contribution in [0, 0.1) is 0 Å². The third-order valence-electron chi connectivity index (χ3n) is 2.33. The predicted octanol–water partition coefficient (Wildman–Crippen LogP) is 1.08. The first-order chi connectivity index (χ1) is 8.70. The number of anilines is 1. The molecule has 1 unspecified atom stereocenters. The van der Waals surface area contributed by atoms with Crippen LogP contribution in [-0.2, 0) is 11.4 Å². The van der Waals surface area contributed by atoms with Crippen molar-refractivity contribution in [3.63, 3.8) is 0 Å². The number of nitrogens with zero attached hydrogens (tertiary/aromatic N) is 1. The van der Waals surface area contributed by atoms with Crippen molar-refractivity contribution >= 4 is 22.6 Å². The molecule has 1 amide bonds. The molecule has 7 nitrogen and oxygen atoms in total. The summed E-state index contributed by atoms with van der Waals surface area (Å²) in [6.45, 7) is 5.31. The Balaban J connectivity index is 2.07. The number of thiazole rings is 1. The molecule has 0 spiro atoms. The summed E-state index contributed by atoms with van der Waals surface area (Å²) >= 11 is 1.32. The Morgan fingerprint density at radius 1 is 1.78 bits per heavy atom. The zero-order chi connectivity index (χ0) is 13.0. The number of nitrogens with one attached hydrogen (secondary N) is 3. The average molecular weight is 270 g/mol. The molecule has 0 aliphatic carbocycles. The largest absolute Gasteiger partial charge is 0.465 e. The number of fused-ring (bicyclic) bond motifs is 1. The molecule has 0 fully saturated rings. The summed E-state index contributed by atoms with van der Waals surface area (Å²) in [5.41, 5.74) is 3.75. The van der Waals surface area contributed by atoms with Gasteiger partial charge in [0.2, 0.25) is 0 Å². The molecule has 1 aromatic heterocycles. The zero-order valence-corrected chi connectivity index (χ0v) is 10.4. The monoisotopic (exact) mass is 270 g/mol. The van der Waals surface area contributed by atoms with Crippen LogP contribution in [0.3, 0.4) is 0 Å². The third kappa shape index (κ3) is 3.05. The maximum atomic E-state index is 10.6. The van der Waals surface area contributed by atoms with Crippen molar-refractivity contribution < 1.29 is 14.7 Å². The number of carboxylic acid groups (broad SMARTS) is 1. The van der Waals surface area contributed by atoms with Gasteiger partial charge in [-0.3, -0.25) is 10.2 Å². The van der Waals surface area contributed by atoms with Crippen molar-refractivity contribution in [2.75, 3.05) is 18.5 Å². The minimum absolute atomic E-state index is 0.0319. The molecule has 8 heteroatoms. The van der Waals surface area contributed by atoms with Crippen LogP contribution >= 0.6 is 11.3 Å². The van der Waals surface area contributed by atoms with Crippen molar-refractivity contribution in [1.29, 1.82) is 0 Å². The molecule has 2 rings (SSSR count). The van der Waals surface area contributed by atoms with E-state index in [2.05, 4.69) is 27.7 Å². The van der Waals surface area contributed by atoms with Gasteiger partial charge in [0.1, 0.15) is 0 Å². The second-order valence-corrected chi connectivity index (χ2v) is 4.69. The van der Waals surface area contributed by atoms with E-state index in [1.54, 1.807) is 6.08 Å². The lowest BCUT2D eigenvalue weighted by molar-refractivity contribution is 0.0333. The number of hydroxylamine groups is 1. The van der Waals surface area contributed by atoms with Crippen LogP contribution < -0.4 is 16.1 Å². The van der Waals surface area contributed by atoms with Gasteiger partial charge < -0.3 is 10.4 Å². The second kappa shape index (κ2) is 5.91. The Kier molecular flexibility index (Phi) is 4.26. The Morgan fingerprint density at radius 3 is 3.33 bits per heavy atom. The van der Waals surface area contributed by atoms with E-state index in [-0.39, 0.29) is 6.04 Å². The first-order valence-corrected chi connectivity index (χ1v) is 6.21. The van der Waals surface area contributed by atoms with Gasteiger partial charge in [-0.15, -0.1) is 6.58 Å². The van der Waals surface area contributed by atoms with Crippen molar-refractivity contribution in [3.05, 3.63) is 23.2 Å². The number of rotatable bonds is 5. The lowest BCUT2D eigenvalue weighted by Crippen LogP contribution is -2.35. The van der Waals surface area contributed by atoms with E-state index in [0.717, 1.165) is 10.6 Å². The predicted molar refractivity (Wildman–Crippen MR) is 67.5 cm³/mol. The van der Waals surface area contributed by atoms with Gasteiger partial charge in [-0.05, 0) is 0 Å². The van der Waals surface area contributed by atoms with Crippen LogP contribution in [0.15, 0.2) is 12.7 Å². The third-order valence-corrected chi connectivity index (χ3v) is 3.45. The molecule has 0 saturated heterocycles. The standard InChI is InChI=1S/C10H14N4O3S/c1-2-3-17-14-7-5-11-4-6-8(7)18-9(12-6)13-10(15)16/h2,7,11,14H,1,3-5H2,(H,12,13)(H,15,16). The number of carbonyl (C=O) groups is 1. The Hall–Kier alpha value is -1.48. The van der Waals surface area contributed by atoms with Gasteiger partial charge in [-0.25, -0.2) is 9.78 Å². The maximum Gasteiger partial charge on any atom is 0.410 e. The Morgan fingerprint density at radius 2 is 2.61 bits per heavy atom. The van der Waals surface area contributed by atoms with Gasteiger partial charge in [0.25, 0.3) is 0 Å². The summed E-state index contributed by atoms with van der Waals surface area (Å²) in [6, 6.07) is -0.0319. The zero-order valence-electron chi connectivity index (χ0n) is 9.60. The highest BCUT2D eigenvalue weighted by atomic mass is 32.1. The van der Waals surface area contributed by atoms with Crippen LogP contribution in [0.25, 0.3) is 0 Å². The van der Waals surface area contributed by atoms with E-state index in [0.29, 0.717) is 24.8 Å². The van der Waals surface area contributed by atoms with Gasteiger partial charge in [-0.1, -0.05) is 17.4 Å². The molecule has 4 N–H and O–H groups in total. The summed E-state index contributed by atoms with van der Waals surface area (Å²) in [7, 11) is 0. The fourth-order valence-electron chi connectivity index (χ4n) is 1.64. The molecule has 1 atom stereocenters. The smallest absolute Gasteiger partial charge is 0.410 e. The molecule has 1 aliphatic rings. The molecule has 1 aliphatic heterocycles. The molecule has 18 heavy (non-hydrogen) atoms. The Labute approximate surface area is 108 Å². The highest BCUT2D eigenvalue weighted by Gasteiger charge is 2.24. The SMILES string of the molecule is C=CCONC1CNCc2nc(NC(=O)O)sc21. The van der Waals surface area contributed by atoms with Crippen LogP contribution in [-0.4, -0.2) is 29.3 Å². The number of hydrogen-bond donors (Lipinski definition) is 4. The first kappa shape index (κ1) is 13.0. The van der Waals surface area contributed by atoms with Crippen LogP contribution in [0.2, 0.25) is 0 Å². The minimum atomic E-state index is -1.11. The fraction of sp³-hybridized carbons (Fsp3) is 0.400. The van der Waals surface area contributed by atoms with E-state index in [1.165, 1.54) is 11.3 Å². The summed E-state index contributed by atoms with van der Waals surface area (Å²) in [5, 5.41) is 14.5. The van der Waals surface area contributed by atoms with Gasteiger partial charge in [-0.2, -0.15) is 5.48 Å². The van der Waals surface area contributed by atoms with Crippen LogP contribution in [0.5, 0.6) is 0 Å². The van der Waals surface area contributed by atoms with Crippen molar-refractivity contribution in [1.82, 2.24) is 15.8 Å². The highest BCUT2D eigenvalue weighted by molar-refractivity contribution is 7.16. The number of hydrogen-bond acceptors (Lipinski definition) is 6. The molecule has 0 radical (unpaired) electrons. The van der Waals surface area contributed by atoms with Crippen molar-refractivity contribution in [3.8, 4) is 0 Å². The highest BCUT2D eigenvalue weighted by Crippen LogP contribution is 2.31. The topological polar surface area (TPSA) is 95.5 Å². The lowest BCUT2D eigenvalue weighted by atomic mass is 10.1. The van der Waals surface area contributed by atoms with Crippen LogP contribution in [0.4, 0.5) is 9.93 Å². The lowest BCUT2D eigenvalue weighted by Gasteiger charge is -2.22. The van der Waals surface area contributed by atoms with E-state index in [1.807, 2.05) is 0 Å². The summed E-state index contributed by atoms with van der Waals surface area (Å²) < 4.78 is 0. The number of amides is 1. The Bertz CT molecular complexity index is 448. The molecule has 2 heterocycles. The van der Waals surface area contributed by atoms with E-state index < -0.39 is 6.09 Å². The summed E-state index contributed by atoms with van der Waals surface area (Å²) in [6.07, 6.45) is 0.537. The van der Waals surface area contributed by atoms with E-state index >= 15 is 0 Å². The molecule has 0 saturated carbocycles. The van der Waals surface area contributed by atoms with Gasteiger partial charge in [0, 0.05) is 13.1 Å². The molecule has 0 bridgehead atoms. The van der Waals surface area contributed by atoms with Gasteiger partial charge in [0.15, 0.2) is 5.13 Å². The normalized spacial score (nSPS) is 18.1. The summed E-state index contributed by atoms with van der Waals surface area (Å²) in [4.78, 5) is 21.0. The molecule has 0 aromatic carbocycles. The molecule has 1 aromatic rings. The average Bonchev–Trinajstić information content (AvgIpc) is 2.71. The quantitative estimate of drug-likeness (QED) is 0.363. The van der Waals surface area contributed by atoms with E-state index in [4.69, 9.17) is 9.94 Å². The second-order valence-electron chi connectivity index (χ2n) is 3.66. The van der Waals surface area contributed by atoms with Crippen molar-refractivity contribution in [2.45, 2.75) is 12.6 Å². The van der Waals surface area contributed by atoms with Crippen molar-refractivity contribution in [2.24, 2.45) is 0 Å². The van der Waals surface area contributed by atoms with Gasteiger partial charge >= 0.3 is 6.09 Å². The minimum Gasteiger partial charge on any atom is -0.465 e. The molecular weight excluding hydrogens is 256 g/mol. The summed E-state index contributed by atoms with van der Waals surface area (Å²) in [5.74, 6) is 0. The molecule has 98 valence electrons. The fourth-order valence-corrected chi connectivity index (χ4v) is 2.65. The first-order valence-electron chi connectivity index (χ1n) is 5.39. The van der Waals surface area contributed by atoms with Crippen LogP contribution in [0.1, 0.15) is 16.6 Å². The van der Waals surface area contributed by atoms with Gasteiger partial charge in [0.05, 0.1) is 23.2 Å². The van der Waals surface area contributed by atoms with E-state index in [9.17, 15) is 4.79 Å². The molecular formula is C10H14N4O3S.